The van der Waals surface area contributed by atoms with Gasteiger partial charge in [-0.15, -0.1) is 0 Å². The Hall–Kier alpha value is -0.340. The second kappa shape index (κ2) is 4.03. The van der Waals surface area contributed by atoms with E-state index in [9.17, 15) is 0 Å². The molecule has 0 aliphatic heterocycles. The van der Waals surface area contributed by atoms with Crippen molar-refractivity contribution in [2.24, 2.45) is 5.73 Å². The first-order chi connectivity index (χ1) is 6.78. The first-order valence-electron chi connectivity index (χ1n) is 5.24. The highest BCUT2D eigenvalue weighted by molar-refractivity contribution is 9.10. The lowest BCUT2D eigenvalue weighted by atomic mass is 9.79. The first-order valence-corrected chi connectivity index (χ1v) is 6.03. The van der Waals surface area contributed by atoms with E-state index >= 15 is 0 Å². The number of hydrogen-bond acceptors (Lipinski definition) is 1. The Morgan fingerprint density at radius 1 is 1.21 bits per heavy atom. The zero-order chi connectivity index (χ0) is 10.0. The van der Waals surface area contributed by atoms with Crippen LogP contribution in [-0.4, -0.2) is 6.54 Å². The maximum atomic E-state index is 5.95. The Morgan fingerprint density at radius 3 is 2.43 bits per heavy atom. The quantitative estimate of drug-likeness (QED) is 0.861. The molecule has 2 rings (SSSR count). The van der Waals surface area contributed by atoms with Crippen LogP contribution in [0.2, 0.25) is 0 Å². The molecule has 0 radical (unpaired) electrons. The fraction of sp³-hybridized carbons (Fsp3) is 0.500. The van der Waals surface area contributed by atoms with Crippen molar-refractivity contribution < 1.29 is 0 Å². The van der Waals surface area contributed by atoms with Crippen molar-refractivity contribution in [2.45, 2.75) is 31.1 Å². The van der Waals surface area contributed by atoms with Gasteiger partial charge in [0.05, 0.1) is 0 Å². The maximum Gasteiger partial charge on any atom is 0.0213 e. The molecule has 14 heavy (non-hydrogen) atoms. The number of hydrogen-bond donors (Lipinski definition) is 1. The highest BCUT2D eigenvalue weighted by Crippen LogP contribution is 2.42. The highest BCUT2D eigenvalue weighted by Gasteiger charge is 2.35. The summed E-state index contributed by atoms with van der Waals surface area (Å²) in [5, 5.41) is 0. The van der Waals surface area contributed by atoms with Gasteiger partial charge in [-0.25, -0.2) is 0 Å². The normalized spacial score (nSPS) is 19.9. The van der Waals surface area contributed by atoms with Crippen LogP contribution in [-0.2, 0) is 5.41 Å². The summed E-state index contributed by atoms with van der Waals surface area (Å²) in [4.78, 5) is 0. The van der Waals surface area contributed by atoms with Crippen molar-refractivity contribution in [1.82, 2.24) is 0 Å². The molecule has 0 saturated heterocycles. The maximum absolute atomic E-state index is 5.95. The third-order valence-corrected chi connectivity index (χ3v) is 4.09. The molecule has 1 aromatic carbocycles. The average molecular weight is 254 g/mol. The van der Waals surface area contributed by atoms with Crippen LogP contribution in [0.1, 0.15) is 31.2 Å². The summed E-state index contributed by atoms with van der Waals surface area (Å²) in [6.07, 6.45) is 5.12. The predicted octanol–water partition coefficient (Wildman–Crippen LogP) is 3.22. The number of benzene rings is 1. The number of halogens is 1. The number of rotatable bonds is 2. The smallest absolute Gasteiger partial charge is 0.0213 e. The molecule has 1 fully saturated rings. The second-order valence-corrected chi connectivity index (χ2v) is 5.03. The van der Waals surface area contributed by atoms with Gasteiger partial charge in [0, 0.05) is 16.4 Å². The minimum atomic E-state index is 0.250. The van der Waals surface area contributed by atoms with Gasteiger partial charge in [0.1, 0.15) is 0 Å². The molecule has 1 aliphatic rings. The molecule has 0 unspecified atom stereocenters. The largest absolute Gasteiger partial charge is 0.330 e. The predicted molar refractivity (Wildman–Crippen MR) is 63.3 cm³/mol. The molecule has 0 atom stereocenters. The average Bonchev–Trinajstić information content (AvgIpc) is 2.68. The summed E-state index contributed by atoms with van der Waals surface area (Å²) >= 11 is 3.63. The molecule has 2 N–H and O–H groups in total. The Bertz CT molecular complexity index is 316. The lowest BCUT2D eigenvalue weighted by Gasteiger charge is -2.28. The molecule has 0 amide bonds. The van der Waals surface area contributed by atoms with Crippen LogP contribution in [0.5, 0.6) is 0 Å². The van der Waals surface area contributed by atoms with Gasteiger partial charge in [-0.2, -0.15) is 0 Å². The summed E-state index contributed by atoms with van der Waals surface area (Å²) in [6, 6.07) is 8.50. The zero-order valence-corrected chi connectivity index (χ0v) is 9.89. The molecule has 1 nitrogen and oxygen atoms in total. The van der Waals surface area contributed by atoms with Gasteiger partial charge in [0.25, 0.3) is 0 Å². The fourth-order valence-electron chi connectivity index (χ4n) is 2.53. The van der Waals surface area contributed by atoms with Gasteiger partial charge >= 0.3 is 0 Å². The Kier molecular flexibility index (Phi) is 2.93. The van der Waals surface area contributed by atoms with Crippen LogP contribution < -0.4 is 5.73 Å². The van der Waals surface area contributed by atoms with E-state index in [4.69, 9.17) is 5.73 Å². The van der Waals surface area contributed by atoms with Gasteiger partial charge in [0.2, 0.25) is 0 Å². The standard InChI is InChI=1S/C12H16BrN/c13-11-6-2-1-5-10(11)12(9-14)7-3-4-8-12/h1-2,5-6H,3-4,7-9,14H2. The zero-order valence-electron chi connectivity index (χ0n) is 8.30. The molecule has 1 aromatic rings. The SMILES string of the molecule is NCC1(c2ccccc2Br)CCCC1. The van der Waals surface area contributed by atoms with Gasteiger partial charge < -0.3 is 5.73 Å². The Labute approximate surface area is 93.8 Å². The van der Waals surface area contributed by atoms with Crippen LogP contribution in [0.4, 0.5) is 0 Å². The lowest BCUT2D eigenvalue weighted by Crippen LogP contribution is -2.32. The van der Waals surface area contributed by atoms with E-state index in [-0.39, 0.29) is 5.41 Å². The minimum absolute atomic E-state index is 0.250. The van der Waals surface area contributed by atoms with E-state index in [0.717, 1.165) is 6.54 Å². The highest BCUT2D eigenvalue weighted by atomic mass is 79.9. The van der Waals surface area contributed by atoms with Gasteiger partial charge in [-0.1, -0.05) is 47.0 Å². The van der Waals surface area contributed by atoms with Crippen LogP contribution in [0, 0.1) is 0 Å². The molecule has 0 bridgehead atoms. The molecule has 0 spiro atoms. The van der Waals surface area contributed by atoms with Crippen molar-refractivity contribution in [2.75, 3.05) is 6.54 Å². The van der Waals surface area contributed by atoms with Gasteiger partial charge in [-0.3, -0.25) is 0 Å². The molecule has 1 saturated carbocycles. The van der Waals surface area contributed by atoms with E-state index in [1.807, 2.05) is 0 Å². The monoisotopic (exact) mass is 253 g/mol. The third-order valence-electron chi connectivity index (χ3n) is 3.40. The topological polar surface area (TPSA) is 26.0 Å². The summed E-state index contributed by atoms with van der Waals surface area (Å²) in [5.74, 6) is 0. The Morgan fingerprint density at radius 2 is 1.86 bits per heavy atom. The molecule has 2 heteroatoms. The lowest BCUT2D eigenvalue weighted by molar-refractivity contribution is 0.451. The van der Waals surface area contributed by atoms with Gasteiger partial charge in [-0.05, 0) is 24.5 Å². The van der Waals surface area contributed by atoms with Crippen LogP contribution in [0.25, 0.3) is 0 Å². The summed E-state index contributed by atoms with van der Waals surface area (Å²) < 4.78 is 1.22. The molecule has 1 aliphatic carbocycles. The molecule has 76 valence electrons. The van der Waals surface area contributed by atoms with Crippen molar-refractivity contribution >= 4 is 15.9 Å². The van der Waals surface area contributed by atoms with Crippen molar-refractivity contribution in [3.8, 4) is 0 Å². The molecular formula is C12H16BrN. The molecule has 0 aromatic heterocycles. The fourth-order valence-corrected chi connectivity index (χ4v) is 3.23. The third kappa shape index (κ3) is 1.61. The van der Waals surface area contributed by atoms with Gasteiger partial charge in [0.15, 0.2) is 0 Å². The first kappa shape index (κ1) is 10.2. The second-order valence-electron chi connectivity index (χ2n) is 4.17. The van der Waals surface area contributed by atoms with E-state index < -0.39 is 0 Å². The van der Waals surface area contributed by atoms with E-state index in [0.29, 0.717) is 0 Å². The Balaban J connectivity index is 2.41. The minimum Gasteiger partial charge on any atom is -0.330 e. The van der Waals surface area contributed by atoms with Crippen molar-refractivity contribution in [3.05, 3.63) is 34.3 Å². The summed E-state index contributed by atoms with van der Waals surface area (Å²) in [6.45, 7) is 0.773. The van der Waals surface area contributed by atoms with Crippen LogP contribution in [0.15, 0.2) is 28.7 Å². The number of nitrogens with two attached hydrogens (primary N) is 1. The molecule has 0 heterocycles. The van der Waals surface area contributed by atoms with E-state index in [1.165, 1.54) is 35.7 Å². The van der Waals surface area contributed by atoms with E-state index in [2.05, 4.69) is 40.2 Å². The summed E-state index contributed by atoms with van der Waals surface area (Å²) in [7, 11) is 0. The summed E-state index contributed by atoms with van der Waals surface area (Å²) in [5.41, 5.74) is 7.60. The molecular weight excluding hydrogens is 238 g/mol. The van der Waals surface area contributed by atoms with Crippen molar-refractivity contribution in [1.29, 1.82) is 0 Å². The van der Waals surface area contributed by atoms with E-state index in [1.54, 1.807) is 0 Å². The van der Waals surface area contributed by atoms with Crippen LogP contribution >= 0.6 is 15.9 Å². The van der Waals surface area contributed by atoms with Crippen LogP contribution in [0.3, 0.4) is 0 Å². The van der Waals surface area contributed by atoms with Crippen molar-refractivity contribution in [3.63, 3.8) is 0 Å².